The highest BCUT2D eigenvalue weighted by molar-refractivity contribution is 8.00. The van der Waals surface area contributed by atoms with E-state index in [1.807, 2.05) is 16.7 Å². The van der Waals surface area contributed by atoms with Crippen molar-refractivity contribution in [2.45, 2.75) is 23.0 Å². The molecule has 0 bridgehead atoms. The van der Waals surface area contributed by atoms with E-state index in [9.17, 15) is 4.79 Å². The third-order valence-corrected chi connectivity index (χ3v) is 5.92. The molecular weight excluding hydrogens is 342 g/mol. The minimum Gasteiger partial charge on any atom is -0.329 e. The van der Waals surface area contributed by atoms with Crippen molar-refractivity contribution in [1.29, 1.82) is 0 Å². The number of rotatable bonds is 3. The number of thioether (sulfide) groups is 1. The smallest absolute Gasteiger partial charge is 0.226 e. The number of benzene rings is 2. The maximum absolute atomic E-state index is 11.7. The van der Waals surface area contributed by atoms with Crippen LogP contribution in [0.3, 0.4) is 0 Å². The van der Waals surface area contributed by atoms with Gasteiger partial charge in [-0.25, -0.2) is 0 Å². The van der Waals surface area contributed by atoms with E-state index in [-0.39, 0.29) is 12.3 Å². The zero-order valence-electron chi connectivity index (χ0n) is 13.0. The Kier molecular flexibility index (Phi) is 5.84. The molecular formula is C18H19NO3S2. The fourth-order valence-corrected chi connectivity index (χ4v) is 5.04. The summed E-state index contributed by atoms with van der Waals surface area (Å²) in [6.07, 6.45) is 0.720. The standard InChI is InChI=1S/C18H17NOS.H2O2S/c20-16-11-17-19(16)12-15(21-17)18(13-7-3-1-4-8-13)14-9-5-2-6-10-14;1-3-2/h1-10,15,17-18H,11-12H2;1-2H/t15?,17-;/m1./s1. The molecule has 4 rings (SSSR count). The van der Waals surface area contributed by atoms with Crippen LogP contribution in [0.4, 0.5) is 0 Å². The normalized spacial score (nSPS) is 21.8. The zero-order chi connectivity index (χ0) is 16.9. The fourth-order valence-electron chi connectivity index (χ4n) is 3.33. The Morgan fingerprint density at radius 1 is 1.00 bits per heavy atom. The molecule has 0 aliphatic carbocycles. The van der Waals surface area contributed by atoms with Gasteiger partial charge < -0.3 is 14.0 Å². The van der Waals surface area contributed by atoms with E-state index in [2.05, 4.69) is 60.7 Å². The van der Waals surface area contributed by atoms with Gasteiger partial charge in [-0.05, 0) is 11.1 Å². The summed E-state index contributed by atoms with van der Waals surface area (Å²) < 4.78 is 14.1. The Bertz CT molecular complexity index is 629. The Balaban J connectivity index is 0.000000526. The summed E-state index contributed by atoms with van der Waals surface area (Å²) in [6.45, 7) is 0.878. The predicted molar refractivity (Wildman–Crippen MR) is 99.1 cm³/mol. The van der Waals surface area contributed by atoms with Crippen LogP contribution in [0.1, 0.15) is 23.5 Å². The first-order chi connectivity index (χ1) is 11.7. The van der Waals surface area contributed by atoms with Crippen LogP contribution in [0.25, 0.3) is 0 Å². The Labute approximate surface area is 150 Å². The number of carbonyl (C=O) groups is 1. The number of β-lactam (4-membered cyclic amide) rings is 1. The zero-order valence-corrected chi connectivity index (χ0v) is 14.6. The highest BCUT2D eigenvalue weighted by atomic mass is 32.2. The van der Waals surface area contributed by atoms with E-state index in [4.69, 9.17) is 9.11 Å². The monoisotopic (exact) mass is 361 g/mol. The lowest BCUT2D eigenvalue weighted by Gasteiger charge is -2.32. The van der Waals surface area contributed by atoms with Gasteiger partial charge in [0.2, 0.25) is 5.91 Å². The fraction of sp³-hybridized carbons (Fsp3) is 0.278. The first kappa shape index (κ1) is 17.4. The molecule has 2 heterocycles. The molecule has 0 aromatic heterocycles. The van der Waals surface area contributed by atoms with E-state index in [1.165, 1.54) is 11.1 Å². The molecule has 1 unspecified atom stereocenters. The van der Waals surface area contributed by atoms with Crippen molar-refractivity contribution in [1.82, 2.24) is 4.90 Å². The minimum atomic E-state index is -0.250. The third kappa shape index (κ3) is 3.62. The van der Waals surface area contributed by atoms with Crippen molar-refractivity contribution < 1.29 is 13.9 Å². The van der Waals surface area contributed by atoms with Crippen LogP contribution in [0.15, 0.2) is 60.7 Å². The van der Waals surface area contributed by atoms with Crippen LogP contribution >= 0.6 is 24.1 Å². The van der Waals surface area contributed by atoms with Crippen molar-refractivity contribution >= 4 is 30.0 Å². The van der Waals surface area contributed by atoms with Crippen LogP contribution in [0.2, 0.25) is 0 Å². The molecule has 0 spiro atoms. The summed E-state index contributed by atoms with van der Waals surface area (Å²) in [6, 6.07) is 21.3. The minimum absolute atomic E-state index is 0.250. The molecule has 2 aliphatic heterocycles. The molecule has 0 saturated carbocycles. The number of carbonyl (C=O) groups excluding carboxylic acids is 1. The van der Waals surface area contributed by atoms with Crippen LogP contribution in [-0.2, 0) is 4.79 Å². The van der Waals surface area contributed by atoms with E-state index < -0.39 is 0 Å². The van der Waals surface area contributed by atoms with Crippen LogP contribution in [0, 0.1) is 0 Å². The molecule has 24 heavy (non-hydrogen) atoms. The lowest BCUT2D eigenvalue weighted by molar-refractivity contribution is -0.140. The first-order valence-electron chi connectivity index (χ1n) is 7.74. The highest BCUT2D eigenvalue weighted by Gasteiger charge is 2.47. The van der Waals surface area contributed by atoms with Gasteiger partial charge in [0.25, 0.3) is 0 Å². The van der Waals surface area contributed by atoms with Crippen molar-refractivity contribution in [3.63, 3.8) is 0 Å². The summed E-state index contributed by atoms with van der Waals surface area (Å²) >= 11 is 1.72. The number of nitrogens with zero attached hydrogens (tertiary/aromatic N) is 1. The molecule has 2 saturated heterocycles. The van der Waals surface area contributed by atoms with Gasteiger partial charge in [0.1, 0.15) is 0 Å². The molecule has 2 aromatic rings. The quantitative estimate of drug-likeness (QED) is 0.635. The van der Waals surface area contributed by atoms with Gasteiger partial charge in [-0.3, -0.25) is 4.79 Å². The van der Waals surface area contributed by atoms with Crippen molar-refractivity contribution in [3.05, 3.63) is 71.8 Å². The molecule has 4 nitrogen and oxygen atoms in total. The molecule has 2 aliphatic rings. The average Bonchev–Trinajstić information content (AvgIpc) is 2.95. The summed E-state index contributed by atoms with van der Waals surface area (Å²) in [5.74, 6) is 0.672. The lowest BCUT2D eigenvalue weighted by Crippen LogP contribution is -2.47. The van der Waals surface area contributed by atoms with Gasteiger partial charge in [0, 0.05) is 17.7 Å². The largest absolute Gasteiger partial charge is 0.329 e. The van der Waals surface area contributed by atoms with E-state index in [0.717, 1.165) is 13.0 Å². The highest BCUT2D eigenvalue weighted by Crippen LogP contribution is 2.47. The maximum atomic E-state index is 11.7. The second-order valence-electron chi connectivity index (χ2n) is 5.76. The van der Waals surface area contributed by atoms with Gasteiger partial charge in [-0.1, -0.05) is 60.7 Å². The Hall–Kier alpha value is -1.47. The number of amides is 1. The van der Waals surface area contributed by atoms with E-state index in [1.54, 1.807) is 0 Å². The third-order valence-electron chi connectivity index (χ3n) is 4.41. The number of hydrogen-bond acceptors (Lipinski definition) is 5. The lowest BCUT2D eigenvalue weighted by atomic mass is 9.88. The SMILES string of the molecule is O=C1C[C@H]2SC(C(c3ccccc3)c3ccccc3)CN12.OSO. The van der Waals surface area contributed by atoms with Gasteiger partial charge in [0.05, 0.1) is 11.8 Å². The van der Waals surface area contributed by atoms with Crippen molar-refractivity contribution in [2.24, 2.45) is 0 Å². The number of hydrogen-bond donors (Lipinski definition) is 2. The average molecular weight is 361 g/mol. The molecule has 2 atom stereocenters. The van der Waals surface area contributed by atoms with E-state index >= 15 is 0 Å². The maximum Gasteiger partial charge on any atom is 0.226 e. The summed E-state index contributed by atoms with van der Waals surface area (Å²) in [5, 5.41) is 0.865. The second-order valence-corrected chi connectivity index (χ2v) is 7.35. The van der Waals surface area contributed by atoms with Crippen molar-refractivity contribution in [2.75, 3.05) is 6.54 Å². The van der Waals surface area contributed by atoms with E-state index in [0.29, 0.717) is 22.4 Å². The molecule has 126 valence electrons. The predicted octanol–water partition coefficient (Wildman–Crippen LogP) is 4.16. The summed E-state index contributed by atoms with van der Waals surface area (Å²) in [7, 11) is 0. The molecule has 2 aromatic carbocycles. The molecule has 0 radical (unpaired) electrons. The van der Waals surface area contributed by atoms with Crippen LogP contribution in [0.5, 0.6) is 0 Å². The van der Waals surface area contributed by atoms with Crippen LogP contribution < -0.4 is 0 Å². The van der Waals surface area contributed by atoms with Gasteiger partial charge in [0.15, 0.2) is 12.3 Å². The van der Waals surface area contributed by atoms with Gasteiger partial charge >= 0.3 is 0 Å². The molecule has 2 N–H and O–H groups in total. The summed E-state index contributed by atoms with van der Waals surface area (Å²) in [4.78, 5) is 13.7. The molecule has 2 fully saturated rings. The Morgan fingerprint density at radius 3 is 1.92 bits per heavy atom. The topological polar surface area (TPSA) is 60.8 Å². The van der Waals surface area contributed by atoms with Crippen LogP contribution in [-0.4, -0.2) is 37.1 Å². The molecule has 6 heteroatoms. The molecule has 1 amide bonds. The van der Waals surface area contributed by atoms with Gasteiger partial charge in [-0.2, -0.15) is 0 Å². The van der Waals surface area contributed by atoms with Crippen molar-refractivity contribution in [3.8, 4) is 0 Å². The summed E-state index contributed by atoms with van der Waals surface area (Å²) in [5.41, 5.74) is 2.69. The Morgan fingerprint density at radius 2 is 1.50 bits per heavy atom. The first-order valence-corrected chi connectivity index (χ1v) is 9.41. The second kappa shape index (κ2) is 8.07. The number of fused-ring (bicyclic) bond motifs is 1. The van der Waals surface area contributed by atoms with Gasteiger partial charge in [-0.15, -0.1) is 11.8 Å².